The van der Waals surface area contributed by atoms with Gasteiger partial charge in [-0.25, -0.2) is 9.79 Å². The number of rotatable bonds is 8. The largest absolute Gasteiger partial charge is 0.497 e. The predicted molar refractivity (Wildman–Crippen MR) is 163 cm³/mol. The molecule has 4 heterocycles. The summed E-state index contributed by atoms with van der Waals surface area (Å²) < 4.78 is 18.5. The molecular formula is C32H27ClN6O5. The number of ether oxygens (including phenoxy) is 3. The van der Waals surface area contributed by atoms with Crippen LogP contribution in [-0.4, -0.2) is 58.0 Å². The predicted octanol–water partition coefficient (Wildman–Crippen LogP) is 4.42. The van der Waals surface area contributed by atoms with E-state index in [1.807, 2.05) is 30.6 Å². The lowest BCUT2D eigenvalue weighted by molar-refractivity contribution is -0.152. The fourth-order valence-corrected chi connectivity index (χ4v) is 6.23. The summed E-state index contributed by atoms with van der Waals surface area (Å²) in [5.74, 6) is -0.473. The second-order valence-corrected chi connectivity index (χ2v) is 10.9. The molecule has 0 aliphatic carbocycles. The molecule has 7 rings (SSSR count). The first-order valence-electron chi connectivity index (χ1n) is 14.0. The number of anilines is 1. The maximum Gasteiger partial charge on any atom is 0.335 e. The third kappa shape index (κ3) is 4.39. The number of H-pyrrole nitrogens is 1. The number of aromatic amines is 1. The lowest BCUT2D eigenvalue weighted by Crippen LogP contribution is -2.50. The zero-order valence-electron chi connectivity index (χ0n) is 23.9. The second-order valence-electron chi connectivity index (χ2n) is 10.5. The van der Waals surface area contributed by atoms with Crippen molar-refractivity contribution < 1.29 is 23.8 Å². The second kappa shape index (κ2) is 10.8. The highest BCUT2D eigenvalue weighted by Crippen LogP contribution is 2.52. The number of aromatic nitrogens is 4. The maximum atomic E-state index is 14.4. The minimum Gasteiger partial charge on any atom is -0.497 e. The Labute approximate surface area is 257 Å². The highest BCUT2D eigenvalue weighted by atomic mass is 35.5. The van der Waals surface area contributed by atoms with Crippen LogP contribution in [0.4, 0.5) is 5.69 Å². The van der Waals surface area contributed by atoms with Crippen molar-refractivity contribution in [3.05, 3.63) is 107 Å². The molecule has 3 aromatic carbocycles. The van der Waals surface area contributed by atoms with E-state index >= 15 is 0 Å². The molecule has 2 aromatic heterocycles. The van der Waals surface area contributed by atoms with Gasteiger partial charge in [-0.2, -0.15) is 0 Å². The van der Waals surface area contributed by atoms with Gasteiger partial charge in [-0.15, -0.1) is 5.10 Å². The Hall–Kier alpha value is -5.16. The number of fused-ring (bicyclic) bond motifs is 3. The fourth-order valence-electron chi connectivity index (χ4n) is 5.92. The van der Waals surface area contributed by atoms with Crippen LogP contribution < -0.4 is 9.64 Å². The molecule has 5 aromatic rings. The van der Waals surface area contributed by atoms with Gasteiger partial charge >= 0.3 is 5.97 Å². The van der Waals surface area contributed by atoms with Gasteiger partial charge in [-0.05, 0) is 54.4 Å². The number of nitrogens with one attached hydrogen (secondary N) is 1. The summed E-state index contributed by atoms with van der Waals surface area (Å²) in [6.45, 7) is 0.678. The molecule has 0 bridgehead atoms. The van der Waals surface area contributed by atoms with Gasteiger partial charge in [0.15, 0.2) is 0 Å². The number of carbonyl (C=O) groups excluding carboxylic acids is 2. The van der Waals surface area contributed by atoms with Crippen LogP contribution in [0.5, 0.6) is 5.75 Å². The first kappa shape index (κ1) is 27.7. The van der Waals surface area contributed by atoms with E-state index in [2.05, 4.69) is 26.4 Å². The van der Waals surface area contributed by atoms with E-state index in [4.69, 9.17) is 25.8 Å². The van der Waals surface area contributed by atoms with Crippen molar-refractivity contribution in [2.24, 2.45) is 4.99 Å². The van der Waals surface area contributed by atoms with Gasteiger partial charge in [0.25, 0.3) is 11.5 Å². The van der Waals surface area contributed by atoms with Gasteiger partial charge in [-0.1, -0.05) is 41.1 Å². The molecule has 1 amide bonds. The number of nitrogens with zero attached hydrogens (tertiary/aromatic N) is 5. The summed E-state index contributed by atoms with van der Waals surface area (Å²) in [5.41, 5.74) is 2.37. The van der Waals surface area contributed by atoms with Crippen molar-refractivity contribution in [3.8, 4) is 5.75 Å². The van der Waals surface area contributed by atoms with E-state index in [9.17, 15) is 9.59 Å². The third-order valence-electron chi connectivity index (χ3n) is 8.06. The Morgan fingerprint density at radius 1 is 1.09 bits per heavy atom. The average molecular weight is 611 g/mol. The van der Waals surface area contributed by atoms with Gasteiger partial charge in [-0.3, -0.25) is 9.48 Å². The summed E-state index contributed by atoms with van der Waals surface area (Å²) in [4.78, 5) is 37.0. The van der Waals surface area contributed by atoms with Crippen LogP contribution in [-0.2, 0) is 44.2 Å². The summed E-state index contributed by atoms with van der Waals surface area (Å²) in [6.07, 6.45) is 4.56. The number of carbonyl (C=O) groups is 2. The normalized spacial score (nSPS) is 18.9. The molecule has 2 aliphatic heterocycles. The standard InChI is InChI=1S/C32H27ClN6O5/c1-42-22-12-10-19(11-13-22)29-35-28(30(40)43-2)32(44-29)27-24(33)7-5-9-26(27)39(31(32)41)18-21-17-38(37-36-21)15-14-20-16-34-25-8-4-3-6-23(20)25/h3-13,16-17,28,34H,14-15,18H2,1-2H3/t28-,32+/m1/s1. The van der Waals surface area contributed by atoms with Crippen LogP contribution in [0.1, 0.15) is 22.4 Å². The molecule has 11 nitrogen and oxygen atoms in total. The average Bonchev–Trinajstić information content (AvgIpc) is 3.83. The number of halogens is 1. The summed E-state index contributed by atoms with van der Waals surface area (Å²) >= 11 is 6.74. The molecule has 222 valence electrons. The van der Waals surface area contributed by atoms with E-state index in [1.54, 1.807) is 54.3 Å². The van der Waals surface area contributed by atoms with Gasteiger partial charge in [0.2, 0.25) is 11.9 Å². The molecule has 2 atom stereocenters. The number of hydrogen-bond donors (Lipinski definition) is 1. The number of aliphatic imine (C=N–C) groups is 1. The maximum absolute atomic E-state index is 14.4. The third-order valence-corrected chi connectivity index (χ3v) is 8.37. The summed E-state index contributed by atoms with van der Waals surface area (Å²) in [5, 5.41) is 10.1. The molecule has 44 heavy (non-hydrogen) atoms. The Kier molecular flexibility index (Phi) is 6.81. The molecule has 0 saturated carbocycles. The van der Waals surface area contributed by atoms with E-state index in [0.717, 1.165) is 11.9 Å². The fraction of sp³-hybridized carbons (Fsp3) is 0.219. The Bertz CT molecular complexity index is 1930. The van der Waals surface area contributed by atoms with Gasteiger partial charge in [0, 0.05) is 29.2 Å². The van der Waals surface area contributed by atoms with E-state index in [0.29, 0.717) is 34.8 Å². The van der Waals surface area contributed by atoms with Gasteiger partial charge < -0.3 is 24.1 Å². The monoisotopic (exact) mass is 610 g/mol. The first-order chi connectivity index (χ1) is 21.4. The van der Waals surface area contributed by atoms with Crippen molar-refractivity contribution in [1.29, 1.82) is 0 Å². The highest BCUT2D eigenvalue weighted by molar-refractivity contribution is 6.33. The van der Waals surface area contributed by atoms with Crippen molar-refractivity contribution in [2.75, 3.05) is 19.1 Å². The first-order valence-corrected chi connectivity index (χ1v) is 14.3. The van der Waals surface area contributed by atoms with E-state index in [-0.39, 0.29) is 17.5 Å². The molecule has 1 spiro atoms. The van der Waals surface area contributed by atoms with E-state index in [1.165, 1.54) is 23.0 Å². The molecule has 0 saturated heterocycles. The van der Waals surface area contributed by atoms with Crippen LogP contribution in [0.25, 0.3) is 10.9 Å². The van der Waals surface area contributed by atoms with Crippen LogP contribution in [0, 0.1) is 0 Å². The molecule has 0 unspecified atom stereocenters. The Balaban J connectivity index is 1.19. The Morgan fingerprint density at radius 2 is 1.91 bits per heavy atom. The number of aryl methyl sites for hydroxylation is 2. The van der Waals surface area contributed by atoms with Crippen LogP contribution in [0.15, 0.2) is 84.1 Å². The molecule has 2 aliphatic rings. The van der Waals surface area contributed by atoms with Gasteiger partial charge in [0.05, 0.1) is 43.2 Å². The molecule has 12 heteroatoms. The number of amides is 1. The van der Waals surface area contributed by atoms with Crippen molar-refractivity contribution >= 4 is 46.0 Å². The van der Waals surface area contributed by atoms with Crippen molar-refractivity contribution in [2.45, 2.75) is 31.2 Å². The number of esters is 1. The number of methoxy groups -OCH3 is 2. The number of para-hydroxylation sites is 1. The lowest BCUT2D eigenvalue weighted by Gasteiger charge is -2.27. The topological polar surface area (TPSA) is 124 Å². The molecule has 1 N–H and O–H groups in total. The zero-order chi connectivity index (χ0) is 30.4. The smallest absolute Gasteiger partial charge is 0.335 e. The van der Waals surface area contributed by atoms with Crippen LogP contribution in [0.2, 0.25) is 5.02 Å². The minimum atomic E-state index is -1.86. The number of hydrogen-bond acceptors (Lipinski definition) is 8. The molecular weight excluding hydrogens is 584 g/mol. The SMILES string of the molecule is COC(=O)[C@H]1N=C(c2ccc(OC)cc2)O[C@]12C(=O)N(Cc1cn(CCc3c[nH]c4ccccc34)nn1)c1cccc(Cl)c12. The van der Waals surface area contributed by atoms with E-state index < -0.39 is 23.5 Å². The minimum absolute atomic E-state index is 0.0795. The summed E-state index contributed by atoms with van der Waals surface area (Å²) in [6, 6.07) is 18.9. The highest BCUT2D eigenvalue weighted by Gasteiger charge is 2.65. The zero-order valence-corrected chi connectivity index (χ0v) is 24.6. The van der Waals surface area contributed by atoms with Crippen molar-refractivity contribution in [3.63, 3.8) is 0 Å². The number of benzene rings is 3. The van der Waals surface area contributed by atoms with Gasteiger partial charge in [0.1, 0.15) is 11.4 Å². The van der Waals surface area contributed by atoms with Crippen LogP contribution in [0.3, 0.4) is 0 Å². The van der Waals surface area contributed by atoms with Crippen molar-refractivity contribution in [1.82, 2.24) is 20.0 Å². The Morgan fingerprint density at radius 3 is 2.70 bits per heavy atom. The molecule has 0 fully saturated rings. The molecule has 0 radical (unpaired) electrons. The quantitative estimate of drug-likeness (QED) is 0.258. The lowest BCUT2D eigenvalue weighted by atomic mass is 9.88. The summed E-state index contributed by atoms with van der Waals surface area (Å²) in [7, 11) is 2.81. The van der Waals surface area contributed by atoms with Crippen LogP contribution >= 0.6 is 11.6 Å².